The fourth-order valence-electron chi connectivity index (χ4n) is 3.35. The summed E-state index contributed by atoms with van der Waals surface area (Å²) >= 11 is 0. The number of fused-ring (bicyclic) bond motifs is 1. The summed E-state index contributed by atoms with van der Waals surface area (Å²) < 4.78 is 17.0. The Morgan fingerprint density at radius 2 is 1.95 bits per heavy atom. The van der Waals surface area contributed by atoms with E-state index in [2.05, 4.69) is 22.0 Å². The maximum Gasteiger partial charge on any atom is 0.171 e. The SMILES string of the molecule is COc1cccc2cc(N3CCC4(CC3)OCCO4)ncc12. The van der Waals surface area contributed by atoms with E-state index in [4.69, 9.17) is 14.2 Å². The number of methoxy groups -OCH3 is 1. The van der Waals surface area contributed by atoms with E-state index in [1.807, 2.05) is 18.3 Å². The fourth-order valence-corrected chi connectivity index (χ4v) is 3.35. The second-order valence-corrected chi connectivity index (χ2v) is 5.82. The molecule has 0 atom stereocenters. The smallest absolute Gasteiger partial charge is 0.171 e. The number of rotatable bonds is 2. The first-order chi connectivity index (χ1) is 10.8. The minimum absolute atomic E-state index is 0.337. The molecule has 0 aliphatic carbocycles. The molecule has 0 saturated carbocycles. The van der Waals surface area contributed by atoms with E-state index in [9.17, 15) is 0 Å². The molecule has 2 fully saturated rings. The van der Waals surface area contributed by atoms with Crippen molar-refractivity contribution >= 4 is 16.6 Å². The molecule has 0 radical (unpaired) electrons. The van der Waals surface area contributed by atoms with E-state index in [-0.39, 0.29) is 5.79 Å². The van der Waals surface area contributed by atoms with Crippen LogP contribution in [0.15, 0.2) is 30.5 Å². The van der Waals surface area contributed by atoms with Crippen LogP contribution < -0.4 is 9.64 Å². The first kappa shape index (κ1) is 13.8. The topological polar surface area (TPSA) is 43.8 Å². The third kappa shape index (κ3) is 2.30. The van der Waals surface area contributed by atoms with Gasteiger partial charge < -0.3 is 19.1 Å². The highest BCUT2D eigenvalue weighted by Gasteiger charge is 2.40. The highest BCUT2D eigenvalue weighted by atomic mass is 16.7. The number of hydrogen-bond acceptors (Lipinski definition) is 5. The molecule has 0 N–H and O–H groups in total. The molecule has 2 saturated heterocycles. The molecule has 0 bridgehead atoms. The van der Waals surface area contributed by atoms with E-state index in [1.54, 1.807) is 7.11 Å². The van der Waals surface area contributed by atoms with Crippen LogP contribution in [0.4, 0.5) is 5.82 Å². The summed E-state index contributed by atoms with van der Waals surface area (Å²) in [6, 6.07) is 8.20. The van der Waals surface area contributed by atoms with Gasteiger partial charge in [0.1, 0.15) is 11.6 Å². The molecule has 3 heterocycles. The van der Waals surface area contributed by atoms with Crippen molar-refractivity contribution in [3.05, 3.63) is 30.5 Å². The Morgan fingerprint density at radius 3 is 2.68 bits per heavy atom. The number of pyridine rings is 1. The van der Waals surface area contributed by atoms with E-state index in [0.717, 1.165) is 48.3 Å². The molecule has 2 aromatic rings. The molecule has 2 aliphatic rings. The Kier molecular flexibility index (Phi) is 3.39. The van der Waals surface area contributed by atoms with Crippen LogP contribution in [0.5, 0.6) is 5.75 Å². The van der Waals surface area contributed by atoms with Crippen molar-refractivity contribution in [3.8, 4) is 5.75 Å². The highest BCUT2D eigenvalue weighted by Crippen LogP contribution is 2.34. The van der Waals surface area contributed by atoms with Crippen LogP contribution in [0.2, 0.25) is 0 Å². The van der Waals surface area contributed by atoms with Crippen LogP contribution in [0.25, 0.3) is 10.8 Å². The largest absolute Gasteiger partial charge is 0.496 e. The monoisotopic (exact) mass is 300 g/mol. The number of hydrogen-bond donors (Lipinski definition) is 0. The molecular weight excluding hydrogens is 280 g/mol. The second kappa shape index (κ2) is 5.41. The van der Waals surface area contributed by atoms with Crippen molar-refractivity contribution in [2.45, 2.75) is 18.6 Å². The van der Waals surface area contributed by atoms with Gasteiger partial charge in [-0.05, 0) is 17.5 Å². The lowest BCUT2D eigenvalue weighted by molar-refractivity contribution is -0.169. The number of benzene rings is 1. The van der Waals surface area contributed by atoms with Crippen molar-refractivity contribution in [2.24, 2.45) is 0 Å². The first-order valence-electron chi connectivity index (χ1n) is 7.75. The molecule has 1 aromatic heterocycles. The van der Waals surface area contributed by atoms with Crippen LogP contribution in [0, 0.1) is 0 Å². The Bertz CT molecular complexity index is 673. The van der Waals surface area contributed by atoms with Gasteiger partial charge in [0.25, 0.3) is 0 Å². The van der Waals surface area contributed by atoms with Crippen molar-refractivity contribution in [1.82, 2.24) is 4.98 Å². The molecular formula is C17H20N2O3. The number of piperidine rings is 1. The van der Waals surface area contributed by atoms with Gasteiger partial charge in [0.05, 0.1) is 20.3 Å². The molecule has 22 heavy (non-hydrogen) atoms. The minimum atomic E-state index is -0.337. The summed E-state index contributed by atoms with van der Waals surface area (Å²) in [7, 11) is 1.69. The van der Waals surface area contributed by atoms with Gasteiger partial charge in [0.2, 0.25) is 0 Å². The highest BCUT2D eigenvalue weighted by molar-refractivity contribution is 5.89. The van der Waals surface area contributed by atoms with E-state index < -0.39 is 0 Å². The Labute approximate surface area is 129 Å². The van der Waals surface area contributed by atoms with E-state index >= 15 is 0 Å². The van der Waals surface area contributed by atoms with Crippen molar-refractivity contribution in [1.29, 1.82) is 0 Å². The summed E-state index contributed by atoms with van der Waals surface area (Å²) in [4.78, 5) is 6.92. The number of aromatic nitrogens is 1. The van der Waals surface area contributed by atoms with Gasteiger partial charge in [-0.25, -0.2) is 4.98 Å². The van der Waals surface area contributed by atoms with Crippen LogP contribution in [0.1, 0.15) is 12.8 Å². The predicted octanol–water partition coefficient (Wildman–Crippen LogP) is 2.59. The Morgan fingerprint density at radius 1 is 1.18 bits per heavy atom. The standard InChI is InChI=1S/C17H20N2O3/c1-20-15-4-2-3-13-11-16(18-12-14(13)15)19-7-5-17(6-8-19)21-9-10-22-17/h2-4,11-12H,5-10H2,1H3. The van der Waals surface area contributed by atoms with E-state index in [1.165, 1.54) is 0 Å². The molecule has 4 rings (SSSR count). The van der Waals surface area contributed by atoms with Crippen molar-refractivity contribution in [2.75, 3.05) is 38.3 Å². The lowest BCUT2D eigenvalue weighted by atomic mass is 10.0. The lowest BCUT2D eigenvalue weighted by Gasteiger charge is -2.38. The third-order valence-electron chi connectivity index (χ3n) is 4.59. The zero-order valence-electron chi connectivity index (χ0n) is 12.7. The average Bonchev–Trinajstić information content (AvgIpc) is 3.02. The van der Waals surface area contributed by atoms with Gasteiger partial charge in [-0.1, -0.05) is 12.1 Å². The van der Waals surface area contributed by atoms with Crippen LogP contribution >= 0.6 is 0 Å². The molecule has 2 aliphatic heterocycles. The second-order valence-electron chi connectivity index (χ2n) is 5.82. The average molecular weight is 300 g/mol. The van der Waals surface area contributed by atoms with Crippen molar-refractivity contribution in [3.63, 3.8) is 0 Å². The van der Waals surface area contributed by atoms with Crippen LogP contribution in [-0.2, 0) is 9.47 Å². The van der Waals surface area contributed by atoms with Gasteiger partial charge in [0.15, 0.2) is 5.79 Å². The van der Waals surface area contributed by atoms with E-state index in [0.29, 0.717) is 13.2 Å². The van der Waals surface area contributed by atoms with Gasteiger partial charge >= 0.3 is 0 Å². The predicted molar refractivity (Wildman–Crippen MR) is 84.4 cm³/mol. The number of anilines is 1. The summed E-state index contributed by atoms with van der Waals surface area (Å²) in [5.41, 5.74) is 0. The van der Waals surface area contributed by atoms with Gasteiger partial charge in [-0.3, -0.25) is 0 Å². The molecule has 5 heteroatoms. The third-order valence-corrected chi connectivity index (χ3v) is 4.59. The first-order valence-corrected chi connectivity index (χ1v) is 7.75. The number of nitrogens with zero attached hydrogens (tertiary/aromatic N) is 2. The normalized spacial score (nSPS) is 20.7. The summed E-state index contributed by atoms with van der Waals surface area (Å²) in [6.45, 7) is 3.24. The summed E-state index contributed by atoms with van der Waals surface area (Å²) in [5.74, 6) is 1.53. The quantitative estimate of drug-likeness (QED) is 0.853. The maximum atomic E-state index is 5.78. The number of ether oxygens (including phenoxy) is 3. The maximum absolute atomic E-state index is 5.78. The molecule has 0 unspecified atom stereocenters. The molecule has 0 amide bonds. The van der Waals surface area contributed by atoms with Crippen molar-refractivity contribution < 1.29 is 14.2 Å². The van der Waals surface area contributed by atoms with Crippen LogP contribution in [0.3, 0.4) is 0 Å². The van der Waals surface area contributed by atoms with Gasteiger partial charge in [0, 0.05) is 37.5 Å². The Hall–Kier alpha value is -1.85. The summed E-state index contributed by atoms with van der Waals surface area (Å²) in [6.07, 6.45) is 3.69. The Balaban J connectivity index is 1.57. The molecule has 116 valence electrons. The zero-order chi connectivity index (χ0) is 15.0. The fraction of sp³-hybridized carbons (Fsp3) is 0.471. The molecule has 1 spiro atoms. The van der Waals surface area contributed by atoms with Gasteiger partial charge in [-0.15, -0.1) is 0 Å². The zero-order valence-corrected chi connectivity index (χ0v) is 12.7. The minimum Gasteiger partial charge on any atom is -0.496 e. The summed E-state index contributed by atoms with van der Waals surface area (Å²) in [5, 5.41) is 2.20. The van der Waals surface area contributed by atoms with Crippen LogP contribution in [-0.4, -0.2) is 44.2 Å². The molecule has 5 nitrogen and oxygen atoms in total. The molecule has 1 aromatic carbocycles. The lowest BCUT2D eigenvalue weighted by Crippen LogP contribution is -2.45. The van der Waals surface area contributed by atoms with Gasteiger partial charge in [-0.2, -0.15) is 0 Å².